The molecule has 2 aromatic rings. The van der Waals surface area contributed by atoms with E-state index in [9.17, 15) is 0 Å². The van der Waals surface area contributed by atoms with Crippen LogP contribution in [-0.2, 0) is 0 Å². The van der Waals surface area contributed by atoms with Crippen LogP contribution in [0, 0.1) is 0 Å². The molecule has 0 saturated carbocycles. The highest BCUT2D eigenvalue weighted by Gasteiger charge is 2.11. The van der Waals surface area contributed by atoms with Gasteiger partial charge < -0.3 is 15.7 Å². The lowest BCUT2D eigenvalue weighted by Crippen LogP contribution is -2.15. The highest BCUT2D eigenvalue weighted by atomic mass is 16.5. The van der Waals surface area contributed by atoms with Crippen LogP contribution in [0.3, 0.4) is 0 Å². The number of hydrogen-bond donors (Lipinski definition) is 2. The summed E-state index contributed by atoms with van der Waals surface area (Å²) in [6, 6.07) is 11.5. The van der Waals surface area contributed by atoms with Crippen LogP contribution in [0.5, 0.6) is 5.75 Å². The Hall–Kier alpha value is -2.23. The van der Waals surface area contributed by atoms with Gasteiger partial charge in [0.25, 0.3) is 0 Å². The maximum absolute atomic E-state index is 8.86. The van der Waals surface area contributed by atoms with E-state index in [1.807, 2.05) is 36.4 Å². The lowest BCUT2D eigenvalue weighted by molar-refractivity contribution is 0.212. The minimum atomic E-state index is 0.106. The molecule has 3 N–H and O–H groups in total. The van der Waals surface area contributed by atoms with E-state index < -0.39 is 0 Å². The van der Waals surface area contributed by atoms with Crippen molar-refractivity contribution in [2.75, 3.05) is 0 Å². The number of hydrogen-bond acceptors (Lipinski definition) is 3. The summed E-state index contributed by atoms with van der Waals surface area (Å²) in [5, 5.41) is 13.8. The molecule has 0 aromatic heterocycles. The van der Waals surface area contributed by atoms with Gasteiger partial charge in [-0.3, -0.25) is 0 Å². The van der Waals surface area contributed by atoms with Crippen molar-refractivity contribution in [3.8, 4) is 5.75 Å². The fourth-order valence-electron chi connectivity index (χ4n) is 2.33. The third-order valence-electron chi connectivity index (χ3n) is 3.29. The van der Waals surface area contributed by atoms with E-state index in [1.54, 1.807) is 0 Å². The molecule has 1 atom stereocenters. The zero-order valence-electron chi connectivity index (χ0n) is 11.8. The number of nitrogens with zero attached hydrogens (tertiary/aromatic N) is 1. The molecule has 0 aliphatic rings. The minimum Gasteiger partial charge on any atom is -0.490 e. The molecule has 1 unspecified atom stereocenters. The summed E-state index contributed by atoms with van der Waals surface area (Å²) in [5.41, 5.74) is 6.43. The van der Waals surface area contributed by atoms with Crippen molar-refractivity contribution in [3.63, 3.8) is 0 Å². The minimum absolute atomic E-state index is 0.106. The molecule has 0 fully saturated rings. The molecular formula is C16H20N2O2. The second-order valence-electron chi connectivity index (χ2n) is 4.86. The van der Waals surface area contributed by atoms with Gasteiger partial charge in [0.2, 0.25) is 0 Å². The van der Waals surface area contributed by atoms with Crippen LogP contribution < -0.4 is 10.5 Å². The number of ether oxygens (including phenoxy) is 1. The molecule has 4 heteroatoms. The van der Waals surface area contributed by atoms with Crippen LogP contribution in [-0.4, -0.2) is 17.1 Å². The normalized spacial score (nSPS) is 13.4. The molecular weight excluding hydrogens is 252 g/mol. The van der Waals surface area contributed by atoms with E-state index in [0.717, 1.165) is 29.4 Å². The van der Waals surface area contributed by atoms with Crippen molar-refractivity contribution in [1.29, 1.82) is 0 Å². The number of benzene rings is 2. The van der Waals surface area contributed by atoms with Crippen LogP contribution in [0.1, 0.15) is 32.3 Å². The highest BCUT2D eigenvalue weighted by Crippen LogP contribution is 2.29. The Labute approximate surface area is 118 Å². The van der Waals surface area contributed by atoms with Crippen molar-refractivity contribution in [1.82, 2.24) is 0 Å². The van der Waals surface area contributed by atoms with Crippen molar-refractivity contribution >= 4 is 16.6 Å². The van der Waals surface area contributed by atoms with E-state index in [-0.39, 0.29) is 11.9 Å². The van der Waals surface area contributed by atoms with Gasteiger partial charge in [-0.05, 0) is 30.9 Å². The predicted molar refractivity (Wildman–Crippen MR) is 81.5 cm³/mol. The Kier molecular flexibility index (Phi) is 4.45. The Morgan fingerprint density at radius 2 is 1.95 bits per heavy atom. The average Bonchev–Trinajstić information content (AvgIpc) is 2.47. The molecule has 0 radical (unpaired) electrons. The molecule has 0 heterocycles. The Bertz CT molecular complexity index is 623. The fraction of sp³-hybridized carbons (Fsp3) is 0.312. The summed E-state index contributed by atoms with van der Waals surface area (Å²) >= 11 is 0. The van der Waals surface area contributed by atoms with Crippen LogP contribution in [0.2, 0.25) is 0 Å². The van der Waals surface area contributed by atoms with Crippen molar-refractivity contribution in [2.45, 2.75) is 32.8 Å². The average molecular weight is 272 g/mol. The first-order chi connectivity index (χ1) is 9.67. The Balaban J connectivity index is 2.49. The number of amidine groups is 1. The Morgan fingerprint density at radius 1 is 1.25 bits per heavy atom. The van der Waals surface area contributed by atoms with E-state index in [0.29, 0.717) is 5.56 Å². The maximum atomic E-state index is 8.86. The van der Waals surface area contributed by atoms with Gasteiger partial charge in [-0.25, -0.2) is 0 Å². The highest BCUT2D eigenvalue weighted by molar-refractivity contribution is 6.10. The van der Waals surface area contributed by atoms with Crippen molar-refractivity contribution in [3.05, 3.63) is 42.0 Å². The fourth-order valence-corrected chi connectivity index (χ4v) is 2.33. The predicted octanol–water partition coefficient (Wildman–Crippen LogP) is 3.50. The molecule has 0 aliphatic heterocycles. The number of fused-ring (bicyclic) bond motifs is 1. The molecule has 2 rings (SSSR count). The Morgan fingerprint density at radius 3 is 2.60 bits per heavy atom. The molecule has 0 saturated heterocycles. The van der Waals surface area contributed by atoms with Crippen LogP contribution in [0.4, 0.5) is 0 Å². The standard InChI is InChI=1S/C16H20N2O2/c1-3-6-11(2)20-15-10-9-14(16(17)18-19)12-7-4-5-8-13(12)15/h4-5,7-11,19H,3,6H2,1-2H3,(H2,17,18). The van der Waals surface area contributed by atoms with Gasteiger partial charge in [-0.15, -0.1) is 0 Å². The third-order valence-corrected chi connectivity index (χ3v) is 3.29. The van der Waals surface area contributed by atoms with Crippen LogP contribution >= 0.6 is 0 Å². The van der Waals surface area contributed by atoms with Crippen molar-refractivity contribution in [2.24, 2.45) is 10.9 Å². The molecule has 0 amide bonds. The summed E-state index contributed by atoms with van der Waals surface area (Å²) in [6.45, 7) is 4.20. The third kappa shape index (κ3) is 2.85. The van der Waals surface area contributed by atoms with Gasteiger partial charge in [-0.2, -0.15) is 0 Å². The molecule has 106 valence electrons. The molecule has 0 aliphatic carbocycles. The lowest BCUT2D eigenvalue weighted by Gasteiger charge is -2.16. The molecule has 2 aromatic carbocycles. The number of rotatable bonds is 5. The van der Waals surface area contributed by atoms with Crippen molar-refractivity contribution < 1.29 is 9.94 Å². The molecule has 20 heavy (non-hydrogen) atoms. The molecule has 0 spiro atoms. The largest absolute Gasteiger partial charge is 0.490 e. The van der Waals surface area contributed by atoms with Gasteiger partial charge in [-0.1, -0.05) is 42.8 Å². The quantitative estimate of drug-likeness (QED) is 0.379. The van der Waals surface area contributed by atoms with E-state index in [4.69, 9.17) is 15.7 Å². The summed E-state index contributed by atoms with van der Waals surface area (Å²) in [5.74, 6) is 0.936. The van der Waals surface area contributed by atoms with Crippen LogP contribution in [0.25, 0.3) is 10.8 Å². The topological polar surface area (TPSA) is 67.8 Å². The first kappa shape index (κ1) is 14.2. The zero-order chi connectivity index (χ0) is 14.5. The van der Waals surface area contributed by atoms with Gasteiger partial charge in [0.15, 0.2) is 5.84 Å². The second kappa shape index (κ2) is 6.28. The van der Waals surface area contributed by atoms with Crippen LogP contribution in [0.15, 0.2) is 41.6 Å². The lowest BCUT2D eigenvalue weighted by atomic mass is 10.0. The van der Waals surface area contributed by atoms with Gasteiger partial charge in [0, 0.05) is 10.9 Å². The summed E-state index contributed by atoms with van der Waals surface area (Å²) < 4.78 is 5.99. The molecule has 0 bridgehead atoms. The monoisotopic (exact) mass is 272 g/mol. The van der Waals surface area contributed by atoms with E-state index in [2.05, 4.69) is 19.0 Å². The first-order valence-electron chi connectivity index (χ1n) is 6.83. The van der Waals surface area contributed by atoms with E-state index in [1.165, 1.54) is 0 Å². The number of oxime groups is 1. The summed E-state index contributed by atoms with van der Waals surface area (Å²) in [4.78, 5) is 0. The second-order valence-corrected chi connectivity index (χ2v) is 4.86. The smallest absolute Gasteiger partial charge is 0.170 e. The number of nitrogens with two attached hydrogens (primary N) is 1. The first-order valence-corrected chi connectivity index (χ1v) is 6.83. The maximum Gasteiger partial charge on any atom is 0.170 e. The molecule has 4 nitrogen and oxygen atoms in total. The van der Waals surface area contributed by atoms with Gasteiger partial charge in [0.05, 0.1) is 6.10 Å². The van der Waals surface area contributed by atoms with E-state index >= 15 is 0 Å². The summed E-state index contributed by atoms with van der Waals surface area (Å²) in [6.07, 6.45) is 2.26. The SMILES string of the molecule is CCCC(C)Oc1ccc(/C(N)=N/O)c2ccccc12. The summed E-state index contributed by atoms with van der Waals surface area (Å²) in [7, 11) is 0. The van der Waals surface area contributed by atoms with Gasteiger partial charge in [0.1, 0.15) is 5.75 Å². The van der Waals surface area contributed by atoms with Gasteiger partial charge >= 0.3 is 0 Å². The zero-order valence-corrected chi connectivity index (χ0v) is 11.8.